The average molecular weight is 307 g/mol. The zero-order chi connectivity index (χ0) is 16.8. The lowest BCUT2D eigenvalue weighted by Gasteiger charge is -2.19. The van der Waals surface area contributed by atoms with Gasteiger partial charge in [0, 0.05) is 10.5 Å². The first-order valence-corrected chi connectivity index (χ1v) is 6.42. The van der Waals surface area contributed by atoms with Crippen molar-refractivity contribution in [1.82, 2.24) is 0 Å². The molecule has 0 spiro atoms. The molecule has 7 heteroatoms. The van der Waals surface area contributed by atoms with E-state index in [0.717, 1.165) is 24.3 Å². The minimum absolute atomic E-state index is 0.0440. The summed E-state index contributed by atoms with van der Waals surface area (Å²) in [6.45, 7) is 6.24. The van der Waals surface area contributed by atoms with Crippen molar-refractivity contribution in [1.29, 1.82) is 0 Å². The van der Waals surface area contributed by atoms with Crippen LogP contribution in [0.5, 0.6) is 0 Å². The van der Waals surface area contributed by atoms with Crippen LogP contribution in [0.1, 0.15) is 25.0 Å². The van der Waals surface area contributed by atoms with Crippen molar-refractivity contribution in [3.05, 3.63) is 63.9 Å². The Kier molecular flexibility index (Phi) is 5.83. The summed E-state index contributed by atoms with van der Waals surface area (Å²) in [5, 5.41) is 3.23. The maximum absolute atomic E-state index is 14.4. The van der Waals surface area contributed by atoms with E-state index in [1.165, 1.54) is 13.0 Å². The average Bonchev–Trinajstić information content (AvgIpc) is 2.48. The Morgan fingerprint density at radius 2 is 2.27 bits per heavy atom. The molecular formula is C15H15F2N3O2. The standard InChI is InChI=1S/C15H15F2N3O2/c1-4-15(3,17)12-9-11(16)7-6-10(12)8-13(19-20-18)14(21)22-5-2/h4,6-9H,1,5H2,2-3H3/b13-8+. The summed E-state index contributed by atoms with van der Waals surface area (Å²) in [5.74, 6) is -1.49. The number of azide groups is 1. The van der Waals surface area contributed by atoms with Gasteiger partial charge in [0.25, 0.3) is 0 Å². The summed E-state index contributed by atoms with van der Waals surface area (Å²) in [4.78, 5) is 14.2. The van der Waals surface area contributed by atoms with Crippen molar-refractivity contribution in [2.45, 2.75) is 19.5 Å². The Balaban J connectivity index is 3.47. The number of allylic oxidation sites excluding steroid dienone is 1. The van der Waals surface area contributed by atoms with E-state index in [9.17, 15) is 13.6 Å². The van der Waals surface area contributed by atoms with Gasteiger partial charge in [0.05, 0.1) is 6.61 Å². The molecule has 1 rings (SSSR count). The van der Waals surface area contributed by atoms with Crippen LogP contribution in [-0.4, -0.2) is 12.6 Å². The molecule has 116 valence electrons. The van der Waals surface area contributed by atoms with Crippen molar-refractivity contribution in [2.75, 3.05) is 6.61 Å². The van der Waals surface area contributed by atoms with Crippen LogP contribution in [0.3, 0.4) is 0 Å². The van der Waals surface area contributed by atoms with E-state index in [1.54, 1.807) is 6.92 Å². The number of carbonyl (C=O) groups is 1. The molecule has 0 radical (unpaired) electrons. The molecule has 0 saturated heterocycles. The van der Waals surface area contributed by atoms with E-state index in [0.29, 0.717) is 0 Å². The Labute approximate surface area is 126 Å². The van der Waals surface area contributed by atoms with Crippen LogP contribution in [0, 0.1) is 5.82 Å². The predicted molar refractivity (Wildman–Crippen MR) is 78.8 cm³/mol. The first-order valence-electron chi connectivity index (χ1n) is 6.42. The number of rotatable bonds is 6. The molecule has 0 N–H and O–H groups in total. The minimum Gasteiger partial charge on any atom is -0.462 e. The summed E-state index contributed by atoms with van der Waals surface area (Å²) >= 11 is 0. The summed E-state index contributed by atoms with van der Waals surface area (Å²) in [5.41, 5.74) is 6.28. The lowest BCUT2D eigenvalue weighted by molar-refractivity contribution is -0.138. The fourth-order valence-electron chi connectivity index (χ4n) is 1.72. The molecule has 1 unspecified atom stereocenters. The molecule has 0 heterocycles. The Hall–Kier alpha value is -2.66. The van der Waals surface area contributed by atoms with E-state index < -0.39 is 17.5 Å². The van der Waals surface area contributed by atoms with Gasteiger partial charge in [-0.1, -0.05) is 23.8 Å². The minimum atomic E-state index is -2.02. The molecule has 0 aromatic heterocycles. The van der Waals surface area contributed by atoms with Crippen LogP contribution < -0.4 is 0 Å². The molecule has 0 aliphatic rings. The summed E-state index contributed by atoms with van der Waals surface area (Å²) in [6, 6.07) is 3.37. The number of hydrogen-bond donors (Lipinski definition) is 0. The maximum atomic E-state index is 14.4. The largest absolute Gasteiger partial charge is 0.462 e. The van der Waals surface area contributed by atoms with Crippen LogP contribution in [0.25, 0.3) is 16.5 Å². The smallest absolute Gasteiger partial charge is 0.340 e. The van der Waals surface area contributed by atoms with Crippen molar-refractivity contribution < 1.29 is 18.3 Å². The molecular weight excluding hydrogens is 292 g/mol. The van der Waals surface area contributed by atoms with E-state index in [4.69, 9.17) is 10.3 Å². The summed E-state index contributed by atoms with van der Waals surface area (Å²) in [6.07, 6.45) is 2.16. The zero-order valence-corrected chi connectivity index (χ0v) is 12.2. The highest BCUT2D eigenvalue weighted by Crippen LogP contribution is 2.31. The van der Waals surface area contributed by atoms with E-state index in [2.05, 4.69) is 16.6 Å². The zero-order valence-electron chi connectivity index (χ0n) is 12.2. The van der Waals surface area contributed by atoms with Crippen LogP contribution in [0.4, 0.5) is 8.78 Å². The Morgan fingerprint density at radius 1 is 1.59 bits per heavy atom. The topological polar surface area (TPSA) is 75.1 Å². The number of carbonyl (C=O) groups excluding carboxylic acids is 1. The Morgan fingerprint density at radius 3 is 2.82 bits per heavy atom. The number of esters is 1. The van der Waals surface area contributed by atoms with Gasteiger partial charge < -0.3 is 4.74 Å². The van der Waals surface area contributed by atoms with Crippen LogP contribution in [0.2, 0.25) is 0 Å². The number of ether oxygens (including phenoxy) is 1. The third-order valence-corrected chi connectivity index (χ3v) is 2.85. The van der Waals surface area contributed by atoms with Gasteiger partial charge in [0.15, 0.2) is 5.67 Å². The van der Waals surface area contributed by atoms with Gasteiger partial charge in [-0.15, -0.1) is 0 Å². The molecule has 22 heavy (non-hydrogen) atoms. The van der Waals surface area contributed by atoms with Crippen LogP contribution in [-0.2, 0) is 15.2 Å². The third kappa shape index (κ3) is 4.17. The number of benzene rings is 1. The van der Waals surface area contributed by atoms with Gasteiger partial charge >= 0.3 is 5.97 Å². The molecule has 0 bridgehead atoms. The molecule has 5 nitrogen and oxygen atoms in total. The molecule has 1 atom stereocenters. The van der Waals surface area contributed by atoms with Crippen molar-refractivity contribution in [2.24, 2.45) is 5.11 Å². The molecule has 1 aromatic rings. The van der Waals surface area contributed by atoms with Crippen molar-refractivity contribution >= 4 is 12.0 Å². The normalized spacial score (nSPS) is 13.7. The second kappa shape index (κ2) is 7.38. The summed E-state index contributed by atoms with van der Waals surface area (Å²) in [7, 11) is 0. The van der Waals surface area contributed by atoms with Crippen molar-refractivity contribution in [3.8, 4) is 0 Å². The number of halogens is 2. The second-order valence-corrected chi connectivity index (χ2v) is 4.45. The van der Waals surface area contributed by atoms with Gasteiger partial charge in [-0.2, -0.15) is 0 Å². The van der Waals surface area contributed by atoms with Crippen LogP contribution in [0.15, 0.2) is 41.7 Å². The first kappa shape index (κ1) is 17.4. The maximum Gasteiger partial charge on any atom is 0.340 e. The molecule has 0 aliphatic carbocycles. The monoisotopic (exact) mass is 307 g/mol. The number of hydrogen-bond acceptors (Lipinski definition) is 3. The molecule has 0 aliphatic heterocycles. The fraction of sp³-hybridized carbons (Fsp3) is 0.267. The highest BCUT2D eigenvalue weighted by Gasteiger charge is 2.25. The highest BCUT2D eigenvalue weighted by molar-refractivity contribution is 5.93. The first-order chi connectivity index (χ1) is 10.4. The summed E-state index contributed by atoms with van der Waals surface area (Å²) < 4.78 is 32.6. The van der Waals surface area contributed by atoms with Gasteiger partial charge in [0.2, 0.25) is 0 Å². The van der Waals surface area contributed by atoms with E-state index in [1.807, 2.05) is 0 Å². The van der Waals surface area contributed by atoms with Crippen molar-refractivity contribution in [3.63, 3.8) is 0 Å². The molecule has 0 amide bonds. The number of nitrogens with zero attached hydrogens (tertiary/aromatic N) is 3. The molecule has 0 saturated carbocycles. The highest BCUT2D eigenvalue weighted by atomic mass is 19.1. The van der Waals surface area contributed by atoms with Gasteiger partial charge in [0.1, 0.15) is 11.5 Å². The SMILES string of the molecule is C=CC(C)(F)c1cc(F)ccc1/C=C(/N=[N+]=[N-])C(=O)OCC. The third-order valence-electron chi connectivity index (χ3n) is 2.85. The predicted octanol–water partition coefficient (Wildman–Crippen LogP) is 4.41. The van der Waals surface area contributed by atoms with Gasteiger partial charge in [-0.05, 0) is 43.2 Å². The van der Waals surface area contributed by atoms with E-state index >= 15 is 0 Å². The lowest BCUT2D eigenvalue weighted by Crippen LogP contribution is -2.14. The van der Waals surface area contributed by atoms with Gasteiger partial charge in [-0.3, -0.25) is 0 Å². The van der Waals surface area contributed by atoms with Gasteiger partial charge in [-0.25, -0.2) is 13.6 Å². The second-order valence-electron chi connectivity index (χ2n) is 4.45. The lowest BCUT2D eigenvalue weighted by atomic mass is 9.92. The number of alkyl halides is 1. The fourth-order valence-corrected chi connectivity index (χ4v) is 1.72. The Bertz CT molecular complexity index is 663. The quantitative estimate of drug-likeness (QED) is 0.195. The molecule has 1 aromatic carbocycles. The van der Waals surface area contributed by atoms with E-state index in [-0.39, 0.29) is 23.4 Å². The van der Waals surface area contributed by atoms with Crippen LogP contribution >= 0.6 is 0 Å². The molecule has 0 fully saturated rings.